The summed E-state index contributed by atoms with van der Waals surface area (Å²) in [6, 6.07) is 21.8. The highest BCUT2D eigenvalue weighted by molar-refractivity contribution is 5.83. The number of benzene rings is 3. The fourth-order valence-corrected chi connectivity index (χ4v) is 2.89. The van der Waals surface area contributed by atoms with Gasteiger partial charge in [-0.05, 0) is 53.9 Å². The average Bonchev–Trinajstić information content (AvgIpc) is 2.69. The summed E-state index contributed by atoms with van der Waals surface area (Å²) in [6.45, 7) is 4.77. The molecule has 0 aliphatic heterocycles. The molecule has 140 valence electrons. The van der Waals surface area contributed by atoms with Gasteiger partial charge in [0.2, 0.25) is 0 Å². The minimum atomic E-state index is -0.507. The van der Waals surface area contributed by atoms with Gasteiger partial charge in [0, 0.05) is 0 Å². The lowest BCUT2D eigenvalue weighted by atomic mass is 10.1. The van der Waals surface area contributed by atoms with E-state index in [0.717, 1.165) is 16.7 Å². The van der Waals surface area contributed by atoms with Crippen LogP contribution in [0.2, 0.25) is 0 Å². The summed E-state index contributed by atoms with van der Waals surface area (Å²) < 4.78 is 11.6. The van der Waals surface area contributed by atoms with E-state index in [1.54, 1.807) is 0 Å². The molecular weight excluding hydrogens is 338 g/mol. The molecule has 3 rings (SSSR count). The van der Waals surface area contributed by atoms with Gasteiger partial charge in [0.15, 0.2) is 6.10 Å². The first kappa shape index (κ1) is 18.8. The molecule has 1 N–H and O–H groups in total. The first-order valence-corrected chi connectivity index (χ1v) is 9.28. The first-order valence-electron chi connectivity index (χ1n) is 9.28. The Balaban J connectivity index is 1.47. The zero-order valence-electron chi connectivity index (χ0n) is 15.8. The van der Waals surface area contributed by atoms with Crippen molar-refractivity contribution in [3.63, 3.8) is 0 Å². The van der Waals surface area contributed by atoms with Gasteiger partial charge in [-0.25, -0.2) is 0 Å². The lowest BCUT2D eigenvalue weighted by Gasteiger charge is -2.17. The van der Waals surface area contributed by atoms with Crippen LogP contribution in [0, 0.1) is 6.92 Å². The highest BCUT2D eigenvalue weighted by atomic mass is 16.5. The van der Waals surface area contributed by atoms with Crippen LogP contribution in [0.4, 0.5) is 0 Å². The van der Waals surface area contributed by atoms with Crippen molar-refractivity contribution in [2.75, 3.05) is 13.2 Å². The van der Waals surface area contributed by atoms with Crippen LogP contribution in [0.5, 0.6) is 11.5 Å². The third-order valence-electron chi connectivity index (χ3n) is 4.32. The van der Waals surface area contributed by atoms with E-state index in [1.807, 2.05) is 68.4 Å². The van der Waals surface area contributed by atoms with Crippen LogP contribution in [0.1, 0.15) is 18.9 Å². The van der Waals surface area contributed by atoms with Crippen molar-refractivity contribution in [3.05, 3.63) is 72.3 Å². The summed E-state index contributed by atoms with van der Waals surface area (Å²) >= 11 is 0. The Labute approximate surface area is 160 Å². The van der Waals surface area contributed by atoms with Gasteiger partial charge in [-0.15, -0.1) is 0 Å². The van der Waals surface area contributed by atoms with Crippen LogP contribution >= 0.6 is 0 Å². The SMILES string of the molecule is CC[C@@H](Oc1cccc(C)c1)C(=O)NCCOc1ccc2ccccc2c1. The third-order valence-corrected chi connectivity index (χ3v) is 4.32. The highest BCUT2D eigenvalue weighted by Crippen LogP contribution is 2.20. The normalized spacial score (nSPS) is 11.8. The third kappa shape index (κ3) is 5.23. The predicted octanol–water partition coefficient (Wildman–Crippen LogP) is 4.50. The Hall–Kier alpha value is -3.01. The summed E-state index contributed by atoms with van der Waals surface area (Å²) in [5.74, 6) is 1.39. The Morgan fingerprint density at radius 2 is 1.78 bits per heavy atom. The predicted molar refractivity (Wildman–Crippen MR) is 108 cm³/mol. The summed E-state index contributed by atoms with van der Waals surface area (Å²) in [5, 5.41) is 5.20. The molecule has 3 aromatic rings. The van der Waals surface area contributed by atoms with E-state index >= 15 is 0 Å². The lowest BCUT2D eigenvalue weighted by Crippen LogP contribution is -2.39. The topological polar surface area (TPSA) is 47.6 Å². The molecule has 1 amide bonds. The van der Waals surface area contributed by atoms with E-state index in [4.69, 9.17) is 9.47 Å². The summed E-state index contributed by atoms with van der Waals surface area (Å²) in [4.78, 5) is 12.4. The second-order valence-electron chi connectivity index (χ2n) is 6.48. The number of hydrogen-bond donors (Lipinski definition) is 1. The number of rotatable bonds is 8. The molecule has 0 heterocycles. The van der Waals surface area contributed by atoms with Gasteiger partial charge >= 0.3 is 0 Å². The Morgan fingerprint density at radius 3 is 2.56 bits per heavy atom. The van der Waals surface area contributed by atoms with Gasteiger partial charge in [0.25, 0.3) is 5.91 Å². The van der Waals surface area contributed by atoms with Crippen molar-refractivity contribution in [2.45, 2.75) is 26.4 Å². The molecule has 0 bridgehead atoms. The maximum atomic E-state index is 12.4. The van der Waals surface area contributed by atoms with E-state index in [9.17, 15) is 4.79 Å². The number of amides is 1. The average molecular weight is 363 g/mol. The molecule has 0 fully saturated rings. The molecule has 27 heavy (non-hydrogen) atoms. The van der Waals surface area contributed by atoms with Gasteiger partial charge < -0.3 is 14.8 Å². The molecule has 3 aromatic carbocycles. The van der Waals surface area contributed by atoms with Crippen molar-refractivity contribution in [1.82, 2.24) is 5.32 Å². The molecule has 0 saturated carbocycles. The highest BCUT2D eigenvalue weighted by Gasteiger charge is 2.17. The fourth-order valence-electron chi connectivity index (χ4n) is 2.89. The summed E-state index contributed by atoms with van der Waals surface area (Å²) in [7, 11) is 0. The molecule has 0 aromatic heterocycles. The molecule has 0 unspecified atom stereocenters. The van der Waals surface area contributed by atoms with Crippen LogP contribution < -0.4 is 14.8 Å². The van der Waals surface area contributed by atoms with E-state index in [0.29, 0.717) is 25.3 Å². The molecule has 0 radical (unpaired) electrons. The molecule has 0 aliphatic rings. The van der Waals surface area contributed by atoms with Crippen LogP contribution in [0.3, 0.4) is 0 Å². The molecular formula is C23H25NO3. The number of hydrogen-bond acceptors (Lipinski definition) is 3. The van der Waals surface area contributed by atoms with E-state index in [-0.39, 0.29) is 5.91 Å². The molecule has 1 atom stereocenters. The van der Waals surface area contributed by atoms with Gasteiger partial charge in [0.1, 0.15) is 18.1 Å². The number of aryl methyl sites for hydroxylation is 1. The number of carbonyl (C=O) groups is 1. The molecule has 4 nitrogen and oxygen atoms in total. The second-order valence-corrected chi connectivity index (χ2v) is 6.48. The fraction of sp³-hybridized carbons (Fsp3) is 0.261. The van der Waals surface area contributed by atoms with Crippen LogP contribution in [-0.2, 0) is 4.79 Å². The van der Waals surface area contributed by atoms with E-state index < -0.39 is 6.10 Å². The second kappa shape index (κ2) is 9.08. The molecule has 0 aliphatic carbocycles. The maximum Gasteiger partial charge on any atom is 0.261 e. The minimum absolute atomic E-state index is 0.124. The minimum Gasteiger partial charge on any atom is -0.492 e. The van der Waals surface area contributed by atoms with Crippen LogP contribution in [0.15, 0.2) is 66.7 Å². The summed E-state index contributed by atoms with van der Waals surface area (Å²) in [6.07, 6.45) is 0.0955. The van der Waals surface area contributed by atoms with Gasteiger partial charge in [-0.3, -0.25) is 4.79 Å². The molecule has 0 saturated heterocycles. The van der Waals surface area contributed by atoms with Crippen molar-refractivity contribution in [3.8, 4) is 11.5 Å². The largest absolute Gasteiger partial charge is 0.492 e. The zero-order chi connectivity index (χ0) is 19.1. The van der Waals surface area contributed by atoms with Crippen molar-refractivity contribution < 1.29 is 14.3 Å². The van der Waals surface area contributed by atoms with E-state index in [1.165, 1.54) is 5.39 Å². The van der Waals surface area contributed by atoms with Gasteiger partial charge in [-0.2, -0.15) is 0 Å². The standard InChI is InChI=1S/C23H25NO3/c1-3-22(27-21-10-6-7-17(2)15-21)23(25)24-13-14-26-20-12-11-18-8-4-5-9-19(18)16-20/h4-12,15-16,22H,3,13-14H2,1-2H3,(H,24,25)/t22-/m1/s1. The Morgan fingerprint density at radius 1 is 0.963 bits per heavy atom. The zero-order valence-corrected chi connectivity index (χ0v) is 15.8. The molecule has 4 heteroatoms. The smallest absolute Gasteiger partial charge is 0.261 e. The van der Waals surface area contributed by atoms with Gasteiger partial charge in [0.05, 0.1) is 6.54 Å². The Kier molecular flexibility index (Phi) is 6.31. The maximum absolute atomic E-state index is 12.4. The first-order chi connectivity index (χ1) is 13.2. The lowest BCUT2D eigenvalue weighted by molar-refractivity contribution is -0.128. The monoisotopic (exact) mass is 363 g/mol. The van der Waals surface area contributed by atoms with E-state index in [2.05, 4.69) is 17.4 Å². The van der Waals surface area contributed by atoms with Gasteiger partial charge in [-0.1, -0.05) is 49.4 Å². The molecule has 0 spiro atoms. The van der Waals surface area contributed by atoms with Crippen LogP contribution in [0.25, 0.3) is 10.8 Å². The number of ether oxygens (including phenoxy) is 2. The van der Waals surface area contributed by atoms with Crippen molar-refractivity contribution >= 4 is 16.7 Å². The van der Waals surface area contributed by atoms with Crippen molar-refractivity contribution in [2.24, 2.45) is 0 Å². The number of carbonyl (C=O) groups excluding carboxylic acids is 1. The Bertz CT molecular complexity index is 907. The summed E-state index contributed by atoms with van der Waals surface area (Å²) in [5.41, 5.74) is 1.10. The van der Waals surface area contributed by atoms with Crippen molar-refractivity contribution in [1.29, 1.82) is 0 Å². The number of fused-ring (bicyclic) bond motifs is 1. The quantitative estimate of drug-likeness (QED) is 0.600. The number of nitrogens with one attached hydrogen (secondary N) is 1. The van der Waals surface area contributed by atoms with Crippen LogP contribution in [-0.4, -0.2) is 25.2 Å².